The molecular weight excluding hydrogens is 354 g/mol. The van der Waals surface area contributed by atoms with Crippen molar-refractivity contribution in [2.75, 3.05) is 18.8 Å². The quantitative estimate of drug-likeness (QED) is 0.540. The molecule has 0 unspecified atom stereocenters. The Balaban J connectivity index is 1.61. The molecule has 0 saturated carbocycles. The van der Waals surface area contributed by atoms with Crippen molar-refractivity contribution < 1.29 is 9.59 Å². The number of thioether (sulfide) groups is 1. The highest BCUT2D eigenvalue weighted by molar-refractivity contribution is 7.99. The maximum atomic E-state index is 12.4. The molecule has 3 heterocycles. The minimum atomic E-state index is -0.256. The van der Waals surface area contributed by atoms with Gasteiger partial charge in [-0.1, -0.05) is 25.1 Å². The molecule has 1 aliphatic heterocycles. The third-order valence-corrected chi connectivity index (χ3v) is 5.40. The number of unbranched alkanes of at least 4 members (excludes halogenated alkanes) is 1. The van der Waals surface area contributed by atoms with E-state index in [1.807, 2.05) is 6.92 Å². The Hall–Kier alpha value is -2.29. The number of H-pyrrole nitrogens is 2. The maximum absolute atomic E-state index is 12.4. The van der Waals surface area contributed by atoms with Crippen molar-refractivity contribution in [3.63, 3.8) is 0 Å². The fourth-order valence-corrected chi connectivity index (χ4v) is 3.78. The van der Waals surface area contributed by atoms with Crippen LogP contribution in [-0.2, 0) is 6.54 Å². The molecule has 1 fully saturated rings. The zero-order chi connectivity index (χ0) is 18.5. The summed E-state index contributed by atoms with van der Waals surface area (Å²) in [5, 5.41) is 6.93. The van der Waals surface area contributed by atoms with Crippen molar-refractivity contribution >= 4 is 23.5 Å². The fourth-order valence-electron chi connectivity index (χ4n) is 2.91. The summed E-state index contributed by atoms with van der Waals surface area (Å²) in [6, 6.07) is 1.61. The Morgan fingerprint density at radius 3 is 2.81 bits per heavy atom. The Labute approximate surface area is 155 Å². The fraction of sp³-hybridized carbons (Fsp3) is 0.529. The molecule has 1 amide bonds. The zero-order valence-corrected chi connectivity index (χ0v) is 15.6. The van der Waals surface area contributed by atoms with Crippen LogP contribution in [0.15, 0.2) is 22.2 Å². The number of nitrogens with one attached hydrogen (secondary N) is 2. The topological polar surface area (TPSA) is 104 Å². The van der Waals surface area contributed by atoms with E-state index in [4.69, 9.17) is 0 Å². The van der Waals surface area contributed by atoms with Crippen LogP contribution in [0.4, 0.5) is 0 Å². The van der Waals surface area contributed by atoms with Crippen LogP contribution < -0.4 is 5.69 Å². The van der Waals surface area contributed by atoms with Crippen LogP contribution in [0.25, 0.3) is 0 Å². The second-order valence-corrected chi connectivity index (χ2v) is 7.27. The van der Waals surface area contributed by atoms with Crippen LogP contribution in [-0.4, -0.2) is 55.2 Å². The zero-order valence-electron chi connectivity index (χ0n) is 14.8. The van der Waals surface area contributed by atoms with Gasteiger partial charge in [0.15, 0.2) is 10.9 Å². The Bertz CT molecular complexity index is 832. The lowest BCUT2D eigenvalue weighted by Crippen LogP contribution is -2.27. The van der Waals surface area contributed by atoms with Crippen LogP contribution in [0.1, 0.15) is 53.5 Å². The van der Waals surface area contributed by atoms with Gasteiger partial charge in [-0.25, -0.2) is 9.89 Å². The van der Waals surface area contributed by atoms with Gasteiger partial charge in [0.25, 0.3) is 5.91 Å². The molecule has 0 aromatic carbocycles. The van der Waals surface area contributed by atoms with Crippen molar-refractivity contribution in [2.24, 2.45) is 0 Å². The SMILES string of the molecule is CCCCn1c(SCC(=O)c2c[nH]c(C(=O)N3CCCC3)c2)n[nH]c1=O. The summed E-state index contributed by atoms with van der Waals surface area (Å²) < 4.78 is 1.56. The molecule has 2 aromatic rings. The molecule has 3 rings (SSSR count). The van der Waals surface area contributed by atoms with E-state index in [-0.39, 0.29) is 23.1 Å². The number of ketones is 1. The van der Waals surface area contributed by atoms with Crippen molar-refractivity contribution in [3.8, 4) is 0 Å². The van der Waals surface area contributed by atoms with Crippen molar-refractivity contribution in [1.82, 2.24) is 24.6 Å². The minimum Gasteiger partial charge on any atom is -0.356 e. The predicted molar refractivity (Wildman–Crippen MR) is 98.7 cm³/mol. The lowest BCUT2D eigenvalue weighted by atomic mass is 10.2. The summed E-state index contributed by atoms with van der Waals surface area (Å²) in [5.41, 5.74) is 0.659. The van der Waals surface area contributed by atoms with Gasteiger partial charge in [-0.15, -0.1) is 5.10 Å². The third-order valence-electron chi connectivity index (χ3n) is 4.42. The number of amides is 1. The van der Waals surface area contributed by atoms with E-state index in [1.54, 1.807) is 21.7 Å². The Morgan fingerprint density at radius 1 is 1.31 bits per heavy atom. The molecule has 140 valence electrons. The molecule has 1 aliphatic rings. The van der Waals surface area contributed by atoms with Gasteiger partial charge in [0.1, 0.15) is 5.69 Å². The molecule has 26 heavy (non-hydrogen) atoms. The molecule has 0 atom stereocenters. The predicted octanol–water partition coefficient (Wildman–Crippen LogP) is 1.91. The van der Waals surface area contributed by atoms with Crippen LogP contribution >= 0.6 is 11.8 Å². The third kappa shape index (κ3) is 4.09. The Kier molecular flexibility index (Phi) is 5.97. The number of nitrogens with zero attached hydrogens (tertiary/aromatic N) is 3. The molecule has 8 nitrogen and oxygen atoms in total. The van der Waals surface area contributed by atoms with Gasteiger partial charge in [0, 0.05) is 31.4 Å². The van der Waals surface area contributed by atoms with Gasteiger partial charge < -0.3 is 9.88 Å². The number of Topliss-reactive ketones (excluding diaryl/α,β-unsaturated/α-hetero) is 1. The van der Waals surface area contributed by atoms with Gasteiger partial charge in [-0.3, -0.25) is 14.2 Å². The number of rotatable bonds is 8. The monoisotopic (exact) mass is 377 g/mol. The van der Waals surface area contributed by atoms with Crippen LogP contribution in [0.2, 0.25) is 0 Å². The molecule has 0 bridgehead atoms. The molecule has 2 N–H and O–H groups in total. The number of carbonyl (C=O) groups excluding carboxylic acids is 2. The summed E-state index contributed by atoms with van der Waals surface area (Å²) in [5.74, 6) is -0.00913. The smallest absolute Gasteiger partial charge is 0.343 e. The second-order valence-electron chi connectivity index (χ2n) is 6.33. The van der Waals surface area contributed by atoms with Gasteiger partial charge in [0.2, 0.25) is 0 Å². The van der Waals surface area contributed by atoms with E-state index in [0.29, 0.717) is 23.0 Å². The highest BCUT2D eigenvalue weighted by Gasteiger charge is 2.22. The highest BCUT2D eigenvalue weighted by atomic mass is 32.2. The first-order chi connectivity index (χ1) is 12.6. The summed E-state index contributed by atoms with van der Waals surface area (Å²) in [6.07, 6.45) is 5.47. The molecule has 0 aliphatic carbocycles. The van der Waals surface area contributed by atoms with Crippen LogP contribution in [0, 0.1) is 0 Å². The number of aromatic amines is 2. The van der Waals surface area contributed by atoms with E-state index < -0.39 is 0 Å². The first-order valence-corrected chi connectivity index (χ1v) is 9.87. The summed E-state index contributed by atoms with van der Waals surface area (Å²) in [7, 11) is 0. The van der Waals surface area contributed by atoms with E-state index in [1.165, 1.54) is 11.8 Å². The minimum absolute atomic E-state index is 0.0603. The Morgan fingerprint density at radius 2 is 2.08 bits per heavy atom. The highest BCUT2D eigenvalue weighted by Crippen LogP contribution is 2.18. The van der Waals surface area contributed by atoms with Crippen LogP contribution in [0.3, 0.4) is 0 Å². The average Bonchev–Trinajstić information content (AvgIpc) is 3.38. The summed E-state index contributed by atoms with van der Waals surface area (Å²) in [6.45, 7) is 4.17. The number of hydrogen-bond acceptors (Lipinski definition) is 5. The molecule has 1 saturated heterocycles. The van der Waals surface area contributed by atoms with Crippen molar-refractivity contribution in [3.05, 3.63) is 34.0 Å². The molecular formula is C17H23N5O3S. The van der Waals surface area contributed by atoms with Crippen LogP contribution in [0.5, 0.6) is 0 Å². The standard InChI is InChI=1S/C17H23N5O3S/c1-2-3-8-22-16(25)19-20-17(22)26-11-14(23)12-9-13(18-10-12)15(24)21-6-4-5-7-21/h9-10,18H,2-8,11H2,1H3,(H,19,25). The second kappa shape index (κ2) is 8.39. The van der Waals surface area contributed by atoms with Gasteiger partial charge in [-0.2, -0.15) is 0 Å². The van der Waals surface area contributed by atoms with Gasteiger partial charge >= 0.3 is 5.69 Å². The number of carbonyl (C=O) groups is 2. The summed E-state index contributed by atoms with van der Waals surface area (Å²) >= 11 is 1.23. The van der Waals surface area contributed by atoms with E-state index in [9.17, 15) is 14.4 Å². The first kappa shape index (κ1) is 18.5. The van der Waals surface area contributed by atoms with Crippen molar-refractivity contribution in [1.29, 1.82) is 0 Å². The lowest BCUT2D eigenvalue weighted by molar-refractivity contribution is 0.0787. The van der Waals surface area contributed by atoms with E-state index >= 15 is 0 Å². The van der Waals surface area contributed by atoms with Gasteiger partial charge in [0.05, 0.1) is 5.75 Å². The first-order valence-electron chi connectivity index (χ1n) is 8.89. The number of hydrogen-bond donors (Lipinski definition) is 2. The molecule has 0 radical (unpaired) electrons. The van der Waals surface area contributed by atoms with Gasteiger partial charge in [-0.05, 0) is 25.3 Å². The average molecular weight is 377 g/mol. The van der Waals surface area contributed by atoms with Crippen molar-refractivity contribution in [2.45, 2.75) is 44.3 Å². The summed E-state index contributed by atoms with van der Waals surface area (Å²) in [4.78, 5) is 41.2. The van der Waals surface area contributed by atoms with E-state index in [2.05, 4.69) is 15.2 Å². The maximum Gasteiger partial charge on any atom is 0.343 e. The molecule has 9 heteroatoms. The molecule has 0 spiro atoms. The molecule has 2 aromatic heterocycles. The number of likely N-dealkylation sites (tertiary alicyclic amines) is 1. The lowest BCUT2D eigenvalue weighted by Gasteiger charge is -2.13. The normalized spacial score (nSPS) is 14.1. The largest absolute Gasteiger partial charge is 0.356 e. The van der Waals surface area contributed by atoms with E-state index in [0.717, 1.165) is 38.8 Å². The number of aromatic nitrogens is 4.